The van der Waals surface area contributed by atoms with Crippen molar-refractivity contribution in [3.8, 4) is 0 Å². The van der Waals surface area contributed by atoms with Gasteiger partial charge in [-0.2, -0.15) is 4.80 Å². The lowest BCUT2D eigenvalue weighted by Gasteiger charge is -2.49. The lowest BCUT2D eigenvalue weighted by molar-refractivity contribution is 0.00234. The Kier molecular flexibility index (Phi) is 2.81. The maximum Gasteiger partial charge on any atom is 0.176 e. The van der Waals surface area contributed by atoms with Crippen molar-refractivity contribution in [3.05, 3.63) is 5.82 Å². The summed E-state index contributed by atoms with van der Waals surface area (Å²) >= 11 is 0. The van der Waals surface area contributed by atoms with E-state index in [0.717, 1.165) is 25.5 Å². The molecule has 1 aromatic heterocycles. The molecular weight excluding hydrogens is 218 g/mol. The van der Waals surface area contributed by atoms with Gasteiger partial charge in [-0.25, -0.2) is 0 Å². The smallest absolute Gasteiger partial charge is 0.176 e. The fraction of sp³-hybridized carbons (Fsp3) is 0.900. The Morgan fingerprint density at radius 3 is 2.65 bits per heavy atom. The summed E-state index contributed by atoms with van der Waals surface area (Å²) < 4.78 is 0. The molecule has 7 nitrogen and oxygen atoms in total. The molecule has 2 N–H and O–H groups in total. The minimum absolute atomic E-state index is 0.0994. The molecule has 0 saturated carbocycles. The Morgan fingerprint density at radius 1 is 1.35 bits per heavy atom. The van der Waals surface area contributed by atoms with E-state index < -0.39 is 0 Å². The van der Waals surface area contributed by atoms with Crippen molar-refractivity contribution in [3.63, 3.8) is 0 Å². The SMILES string of the molecule is Cn1nnc(CC(N)C2CN3CCN2CC3)n1. The molecule has 0 spiro atoms. The van der Waals surface area contributed by atoms with Crippen LogP contribution in [0.15, 0.2) is 0 Å². The molecule has 4 rings (SSSR count). The van der Waals surface area contributed by atoms with Crippen LogP contribution >= 0.6 is 0 Å². The number of nitrogens with two attached hydrogens (primary N) is 1. The van der Waals surface area contributed by atoms with Gasteiger partial charge in [0.1, 0.15) is 0 Å². The summed E-state index contributed by atoms with van der Waals surface area (Å²) in [6.07, 6.45) is 0.711. The third kappa shape index (κ3) is 2.18. The van der Waals surface area contributed by atoms with Gasteiger partial charge in [0.15, 0.2) is 5.82 Å². The van der Waals surface area contributed by atoms with E-state index in [0.29, 0.717) is 12.5 Å². The van der Waals surface area contributed by atoms with Gasteiger partial charge in [0, 0.05) is 51.2 Å². The van der Waals surface area contributed by atoms with Crippen LogP contribution in [0.2, 0.25) is 0 Å². The van der Waals surface area contributed by atoms with Crippen LogP contribution in [0.4, 0.5) is 0 Å². The van der Waals surface area contributed by atoms with E-state index in [4.69, 9.17) is 5.73 Å². The molecule has 2 bridgehead atoms. The molecular formula is C10H19N7. The molecule has 4 heterocycles. The fourth-order valence-corrected chi connectivity index (χ4v) is 2.82. The van der Waals surface area contributed by atoms with Gasteiger partial charge < -0.3 is 5.73 Å². The molecule has 0 aromatic carbocycles. The number of rotatable bonds is 3. The Labute approximate surface area is 101 Å². The maximum atomic E-state index is 6.29. The zero-order valence-corrected chi connectivity index (χ0v) is 10.2. The molecule has 94 valence electrons. The topological polar surface area (TPSA) is 76.1 Å². The van der Waals surface area contributed by atoms with Gasteiger partial charge in [-0.1, -0.05) is 0 Å². The Bertz CT molecular complexity index is 382. The second-order valence-electron chi connectivity index (χ2n) is 4.97. The minimum Gasteiger partial charge on any atom is -0.326 e. The van der Waals surface area contributed by atoms with Gasteiger partial charge in [0.25, 0.3) is 0 Å². The second kappa shape index (κ2) is 4.32. The number of nitrogens with zero attached hydrogens (tertiary/aromatic N) is 6. The largest absolute Gasteiger partial charge is 0.326 e. The van der Waals surface area contributed by atoms with E-state index in [9.17, 15) is 0 Å². The Morgan fingerprint density at radius 2 is 2.12 bits per heavy atom. The highest BCUT2D eigenvalue weighted by Crippen LogP contribution is 2.18. The summed E-state index contributed by atoms with van der Waals surface area (Å²) in [4.78, 5) is 6.48. The number of aromatic nitrogens is 4. The van der Waals surface area contributed by atoms with Crippen LogP contribution in [0.1, 0.15) is 5.82 Å². The highest BCUT2D eigenvalue weighted by atomic mass is 15.6. The van der Waals surface area contributed by atoms with Gasteiger partial charge in [0.05, 0.1) is 7.05 Å². The molecule has 0 amide bonds. The molecule has 2 unspecified atom stereocenters. The number of aryl methyl sites for hydroxylation is 1. The fourth-order valence-electron chi connectivity index (χ4n) is 2.82. The van der Waals surface area contributed by atoms with Crippen molar-refractivity contribution in [1.82, 2.24) is 30.0 Å². The molecule has 7 heteroatoms. The first-order chi connectivity index (χ1) is 8.22. The van der Waals surface area contributed by atoms with Crippen molar-refractivity contribution in [2.24, 2.45) is 12.8 Å². The third-order valence-electron chi connectivity index (χ3n) is 3.78. The molecule has 17 heavy (non-hydrogen) atoms. The molecule has 0 radical (unpaired) electrons. The summed E-state index contributed by atoms with van der Waals surface area (Å²) in [6.45, 7) is 5.75. The number of fused-ring (bicyclic) bond motifs is 3. The zero-order chi connectivity index (χ0) is 11.8. The molecule has 3 aliphatic heterocycles. The van der Waals surface area contributed by atoms with Crippen LogP contribution < -0.4 is 5.73 Å². The zero-order valence-electron chi connectivity index (χ0n) is 10.2. The lowest BCUT2D eigenvalue weighted by atomic mass is 9.98. The van der Waals surface area contributed by atoms with E-state index in [-0.39, 0.29) is 6.04 Å². The summed E-state index contributed by atoms with van der Waals surface area (Å²) in [7, 11) is 1.78. The average Bonchev–Trinajstić information content (AvgIpc) is 2.76. The highest BCUT2D eigenvalue weighted by Gasteiger charge is 2.35. The van der Waals surface area contributed by atoms with Crippen LogP contribution in [0, 0.1) is 0 Å². The van der Waals surface area contributed by atoms with E-state index in [1.54, 1.807) is 7.05 Å². The van der Waals surface area contributed by atoms with Gasteiger partial charge in [0.2, 0.25) is 0 Å². The van der Waals surface area contributed by atoms with Gasteiger partial charge in [-0.3, -0.25) is 9.80 Å². The standard InChI is InChI=1S/C10H19N7/c1-15-13-10(12-14-15)6-8(11)9-7-16-2-4-17(9)5-3-16/h8-9H,2-7,11H2,1H3. The maximum absolute atomic E-state index is 6.29. The first-order valence-corrected chi connectivity index (χ1v) is 6.17. The molecule has 1 aromatic rings. The highest BCUT2D eigenvalue weighted by molar-refractivity contribution is 4.97. The normalized spacial score (nSPS) is 33.9. The van der Waals surface area contributed by atoms with Crippen molar-refractivity contribution >= 4 is 0 Å². The Balaban J connectivity index is 1.64. The van der Waals surface area contributed by atoms with E-state index in [1.807, 2.05) is 0 Å². The van der Waals surface area contributed by atoms with Crippen LogP contribution in [0.5, 0.6) is 0 Å². The average molecular weight is 237 g/mol. The van der Waals surface area contributed by atoms with Gasteiger partial charge in [-0.05, 0) is 5.21 Å². The predicted molar refractivity (Wildman–Crippen MR) is 62.3 cm³/mol. The van der Waals surface area contributed by atoms with Crippen LogP contribution in [-0.2, 0) is 13.5 Å². The quantitative estimate of drug-likeness (QED) is 0.660. The monoisotopic (exact) mass is 237 g/mol. The lowest BCUT2D eigenvalue weighted by Crippen LogP contribution is -2.66. The molecule has 2 atom stereocenters. The second-order valence-corrected chi connectivity index (χ2v) is 4.97. The van der Waals surface area contributed by atoms with Crippen LogP contribution in [-0.4, -0.2) is 74.8 Å². The predicted octanol–water partition coefficient (Wildman–Crippen LogP) is -1.92. The molecule has 3 aliphatic rings. The van der Waals surface area contributed by atoms with E-state index in [2.05, 4.69) is 25.2 Å². The summed E-state index contributed by atoms with van der Waals surface area (Å²) in [5.41, 5.74) is 6.29. The van der Waals surface area contributed by atoms with Crippen molar-refractivity contribution in [1.29, 1.82) is 0 Å². The number of piperazine rings is 3. The number of hydrogen-bond donors (Lipinski definition) is 1. The molecule has 3 saturated heterocycles. The first kappa shape index (κ1) is 11.1. The van der Waals surface area contributed by atoms with Crippen molar-refractivity contribution in [2.45, 2.75) is 18.5 Å². The summed E-state index contributed by atoms with van der Waals surface area (Å²) in [5, 5.41) is 12.0. The molecule has 0 aliphatic carbocycles. The van der Waals surface area contributed by atoms with Gasteiger partial charge >= 0.3 is 0 Å². The van der Waals surface area contributed by atoms with E-state index in [1.165, 1.54) is 17.9 Å². The summed E-state index contributed by atoms with van der Waals surface area (Å²) in [6, 6.07) is 0.545. The third-order valence-corrected chi connectivity index (χ3v) is 3.78. The number of tetrazole rings is 1. The summed E-state index contributed by atoms with van der Waals surface area (Å²) in [5.74, 6) is 0.748. The minimum atomic E-state index is 0.0994. The van der Waals surface area contributed by atoms with Crippen LogP contribution in [0.3, 0.4) is 0 Å². The van der Waals surface area contributed by atoms with E-state index >= 15 is 0 Å². The molecule has 3 fully saturated rings. The van der Waals surface area contributed by atoms with Gasteiger partial charge in [-0.15, -0.1) is 10.2 Å². The van der Waals surface area contributed by atoms with Crippen LogP contribution in [0.25, 0.3) is 0 Å². The number of hydrogen-bond acceptors (Lipinski definition) is 6. The Hall–Kier alpha value is -1.05. The first-order valence-electron chi connectivity index (χ1n) is 6.17. The van der Waals surface area contributed by atoms with Crippen molar-refractivity contribution < 1.29 is 0 Å². The van der Waals surface area contributed by atoms with Crippen molar-refractivity contribution in [2.75, 3.05) is 32.7 Å².